The minimum atomic E-state index is -0.987. The standard InChI is InChI=1S/C26H24N4O7/c1-16(31)28-19-7-9-20(10-8-19)29-24(32)25(33)30-27-15-17-4-13-22(23(14-17)36-3)37-26(34)18-5-11-21(35-2)12-6-18/h4-15H,1-3H3,(H,28,31)(H,29,32)(H,30,33)/b27-15+. The van der Waals surface area contributed by atoms with Crippen molar-refractivity contribution in [1.29, 1.82) is 0 Å². The molecule has 3 rings (SSSR count). The molecule has 0 bridgehead atoms. The zero-order chi connectivity index (χ0) is 26.8. The summed E-state index contributed by atoms with van der Waals surface area (Å²) in [5.74, 6) is -1.66. The maximum Gasteiger partial charge on any atom is 0.343 e. The second-order valence-corrected chi connectivity index (χ2v) is 7.44. The molecule has 0 aliphatic heterocycles. The monoisotopic (exact) mass is 504 g/mol. The van der Waals surface area contributed by atoms with Gasteiger partial charge in [-0.05, 0) is 72.3 Å². The molecule has 11 heteroatoms. The number of hydrogen-bond donors (Lipinski definition) is 3. The number of esters is 1. The van der Waals surface area contributed by atoms with Crippen LogP contribution in [-0.4, -0.2) is 44.1 Å². The topological polar surface area (TPSA) is 144 Å². The number of ether oxygens (including phenoxy) is 3. The Bertz CT molecular complexity index is 1320. The average Bonchev–Trinajstić information content (AvgIpc) is 2.90. The van der Waals surface area contributed by atoms with Crippen LogP contribution in [0.1, 0.15) is 22.8 Å². The summed E-state index contributed by atoms with van der Waals surface area (Å²) in [7, 11) is 2.94. The Kier molecular flexibility index (Phi) is 8.92. The van der Waals surface area contributed by atoms with Crippen LogP contribution in [0.3, 0.4) is 0 Å². The van der Waals surface area contributed by atoms with Crippen LogP contribution in [0.15, 0.2) is 71.8 Å². The van der Waals surface area contributed by atoms with Crippen molar-refractivity contribution in [2.75, 3.05) is 24.9 Å². The Labute approximate surface area is 212 Å². The Hall–Kier alpha value is -5.19. The molecule has 37 heavy (non-hydrogen) atoms. The molecule has 0 aromatic heterocycles. The van der Waals surface area contributed by atoms with Crippen LogP contribution in [0.4, 0.5) is 11.4 Å². The van der Waals surface area contributed by atoms with Crippen LogP contribution in [-0.2, 0) is 14.4 Å². The van der Waals surface area contributed by atoms with Gasteiger partial charge in [0.05, 0.1) is 26.0 Å². The number of carbonyl (C=O) groups excluding carboxylic acids is 4. The Balaban J connectivity index is 1.56. The molecule has 0 heterocycles. The van der Waals surface area contributed by atoms with E-state index in [4.69, 9.17) is 14.2 Å². The quantitative estimate of drug-likeness (QED) is 0.141. The van der Waals surface area contributed by atoms with Gasteiger partial charge in [0.1, 0.15) is 5.75 Å². The fourth-order valence-electron chi connectivity index (χ4n) is 2.98. The molecule has 0 atom stereocenters. The van der Waals surface area contributed by atoms with E-state index in [-0.39, 0.29) is 17.4 Å². The van der Waals surface area contributed by atoms with Gasteiger partial charge in [-0.3, -0.25) is 14.4 Å². The molecule has 0 aliphatic carbocycles. The highest BCUT2D eigenvalue weighted by Gasteiger charge is 2.14. The maximum atomic E-state index is 12.4. The molecule has 0 radical (unpaired) electrons. The van der Waals surface area contributed by atoms with Crippen molar-refractivity contribution in [3.05, 3.63) is 77.9 Å². The second-order valence-electron chi connectivity index (χ2n) is 7.44. The zero-order valence-corrected chi connectivity index (χ0v) is 20.2. The minimum Gasteiger partial charge on any atom is -0.497 e. The number of anilines is 2. The van der Waals surface area contributed by atoms with Crippen molar-refractivity contribution in [2.24, 2.45) is 5.10 Å². The summed E-state index contributed by atoms with van der Waals surface area (Å²) >= 11 is 0. The van der Waals surface area contributed by atoms with Gasteiger partial charge >= 0.3 is 17.8 Å². The van der Waals surface area contributed by atoms with Gasteiger partial charge in [-0.25, -0.2) is 10.2 Å². The number of benzene rings is 3. The van der Waals surface area contributed by atoms with Gasteiger partial charge in [0.2, 0.25) is 5.91 Å². The normalized spacial score (nSPS) is 10.4. The molecule has 190 valence electrons. The molecule has 0 saturated carbocycles. The predicted molar refractivity (Wildman–Crippen MR) is 136 cm³/mol. The van der Waals surface area contributed by atoms with E-state index in [2.05, 4.69) is 21.2 Å². The fourth-order valence-corrected chi connectivity index (χ4v) is 2.98. The van der Waals surface area contributed by atoms with Crippen molar-refractivity contribution >= 4 is 41.3 Å². The molecule has 0 spiro atoms. The van der Waals surface area contributed by atoms with E-state index in [1.165, 1.54) is 45.6 Å². The molecule has 0 unspecified atom stereocenters. The second kappa shape index (κ2) is 12.5. The number of rotatable bonds is 8. The first-order valence-corrected chi connectivity index (χ1v) is 10.9. The highest BCUT2D eigenvalue weighted by atomic mass is 16.6. The van der Waals surface area contributed by atoms with E-state index in [0.29, 0.717) is 28.3 Å². The van der Waals surface area contributed by atoms with Crippen molar-refractivity contribution in [3.63, 3.8) is 0 Å². The molecular formula is C26H24N4O7. The number of amides is 3. The van der Waals surface area contributed by atoms with Crippen LogP contribution in [0, 0.1) is 0 Å². The number of hydrazone groups is 1. The van der Waals surface area contributed by atoms with E-state index in [1.807, 2.05) is 0 Å². The lowest BCUT2D eigenvalue weighted by Gasteiger charge is -2.10. The minimum absolute atomic E-state index is 0.188. The molecule has 3 N–H and O–H groups in total. The summed E-state index contributed by atoms with van der Waals surface area (Å²) in [5, 5.41) is 8.79. The van der Waals surface area contributed by atoms with Gasteiger partial charge in [-0.2, -0.15) is 5.10 Å². The first kappa shape index (κ1) is 26.4. The Morgan fingerprint density at radius 3 is 2.00 bits per heavy atom. The van der Waals surface area contributed by atoms with Gasteiger partial charge in [0.25, 0.3) is 0 Å². The molecule has 0 aliphatic rings. The maximum absolute atomic E-state index is 12.4. The number of methoxy groups -OCH3 is 2. The summed E-state index contributed by atoms with van der Waals surface area (Å²) in [6.07, 6.45) is 1.30. The van der Waals surface area contributed by atoms with E-state index >= 15 is 0 Å². The van der Waals surface area contributed by atoms with Crippen LogP contribution >= 0.6 is 0 Å². The highest BCUT2D eigenvalue weighted by molar-refractivity contribution is 6.39. The van der Waals surface area contributed by atoms with Gasteiger partial charge in [-0.1, -0.05) is 0 Å². The molecule has 11 nitrogen and oxygen atoms in total. The van der Waals surface area contributed by atoms with Crippen LogP contribution < -0.4 is 30.3 Å². The van der Waals surface area contributed by atoms with Crippen LogP contribution in [0.5, 0.6) is 17.2 Å². The third kappa shape index (κ3) is 7.65. The number of nitrogens with zero attached hydrogens (tertiary/aromatic N) is 1. The summed E-state index contributed by atoms with van der Waals surface area (Å²) in [6.45, 7) is 1.38. The molecule has 3 amide bonds. The third-order valence-corrected chi connectivity index (χ3v) is 4.77. The first-order chi connectivity index (χ1) is 17.8. The summed E-state index contributed by atoms with van der Waals surface area (Å²) in [5.41, 5.74) is 3.89. The van der Waals surface area contributed by atoms with Crippen molar-refractivity contribution in [2.45, 2.75) is 6.92 Å². The van der Waals surface area contributed by atoms with Gasteiger partial charge in [-0.15, -0.1) is 0 Å². The van der Waals surface area contributed by atoms with Crippen LogP contribution in [0.25, 0.3) is 0 Å². The van der Waals surface area contributed by atoms with E-state index in [9.17, 15) is 19.2 Å². The summed E-state index contributed by atoms with van der Waals surface area (Å²) in [4.78, 5) is 47.6. The lowest BCUT2D eigenvalue weighted by Crippen LogP contribution is -2.32. The van der Waals surface area contributed by atoms with Crippen molar-refractivity contribution < 1.29 is 33.4 Å². The predicted octanol–water partition coefficient (Wildman–Crippen LogP) is 2.97. The highest BCUT2D eigenvalue weighted by Crippen LogP contribution is 2.28. The molecule has 3 aromatic carbocycles. The largest absolute Gasteiger partial charge is 0.497 e. The molecule has 0 saturated heterocycles. The van der Waals surface area contributed by atoms with E-state index in [1.54, 1.807) is 48.5 Å². The van der Waals surface area contributed by atoms with E-state index in [0.717, 1.165) is 0 Å². The van der Waals surface area contributed by atoms with Gasteiger partial charge in [0, 0.05) is 18.3 Å². The number of carbonyl (C=O) groups is 4. The lowest BCUT2D eigenvalue weighted by molar-refractivity contribution is -0.136. The lowest BCUT2D eigenvalue weighted by atomic mass is 10.2. The first-order valence-electron chi connectivity index (χ1n) is 10.9. The van der Waals surface area contributed by atoms with Crippen molar-refractivity contribution in [3.8, 4) is 17.2 Å². The average molecular weight is 504 g/mol. The third-order valence-electron chi connectivity index (χ3n) is 4.77. The van der Waals surface area contributed by atoms with Gasteiger partial charge in [0.15, 0.2) is 11.5 Å². The smallest absolute Gasteiger partial charge is 0.343 e. The van der Waals surface area contributed by atoms with E-state index < -0.39 is 17.8 Å². The number of hydrogen-bond acceptors (Lipinski definition) is 8. The fraction of sp³-hybridized carbons (Fsp3) is 0.115. The summed E-state index contributed by atoms with van der Waals surface area (Å²) < 4.78 is 15.8. The summed E-state index contributed by atoms with van der Waals surface area (Å²) in [6, 6.07) is 17.3. The molecular weight excluding hydrogens is 480 g/mol. The number of nitrogens with one attached hydrogen (secondary N) is 3. The Morgan fingerprint density at radius 1 is 0.757 bits per heavy atom. The zero-order valence-electron chi connectivity index (χ0n) is 20.2. The molecule has 3 aromatic rings. The van der Waals surface area contributed by atoms with Crippen LogP contribution in [0.2, 0.25) is 0 Å². The molecule has 0 fully saturated rings. The Morgan fingerprint density at radius 2 is 1.41 bits per heavy atom. The van der Waals surface area contributed by atoms with Gasteiger partial charge < -0.3 is 24.8 Å². The van der Waals surface area contributed by atoms with Crippen molar-refractivity contribution in [1.82, 2.24) is 5.43 Å². The SMILES string of the molecule is COc1ccc(C(=O)Oc2ccc(/C=N/NC(=O)C(=O)Nc3ccc(NC(C)=O)cc3)cc2OC)cc1.